The maximum Gasteiger partial charge on any atom is 0.246 e. The van der Waals surface area contributed by atoms with Crippen LogP contribution in [0.2, 0.25) is 0 Å². The molecule has 0 aromatic heterocycles. The molecule has 16 amide bonds. The minimum Gasteiger partial charge on any atom is -0.342 e. The fraction of sp³-hybridized carbons (Fsp3) is 0.547. The highest BCUT2D eigenvalue weighted by Gasteiger charge is 2.30. The number of hydrogen-bond acceptors (Lipinski definition) is 16. The highest BCUT2D eigenvalue weighted by Crippen LogP contribution is 2.19. The molecule has 32 heteroatoms. The van der Waals surface area contributed by atoms with Crippen molar-refractivity contribution in [3.63, 3.8) is 0 Å². The summed E-state index contributed by atoms with van der Waals surface area (Å²) in [5.74, 6) is -1.63. The molecule has 0 saturated heterocycles. The average molecular weight is 1930 g/mol. The monoisotopic (exact) mass is 1930 g/mol. The van der Waals surface area contributed by atoms with Crippen molar-refractivity contribution in [1.82, 2.24) is 78.4 Å². The fourth-order valence-electron chi connectivity index (χ4n) is 12.1. The van der Waals surface area contributed by atoms with Crippen LogP contribution < -0.4 is 0 Å². The summed E-state index contributed by atoms with van der Waals surface area (Å²) >= 11 is 0. The quantitative estimate of drug-likeness (QED) is 0.0511. The summed E-state index contributed by atoms with van der Waals surface area (Å²) in [5.41, 5.74) is -0.627. The van der Waals surface area contributed by atoms with E-state index in [0.29, 0.717) is 157 Å². The molecule has 0 bridgehead atoms. The molecule has 0 atom stereocenters. The van der Waals surface area contributed by atoms with E-state index in [9.17, 15) is 76.7 Å². The SMILES string of the molecule is C=CC(=O)N(C)CCCN(C)C(=O)C=C.C=CC(=O)N(C)CCN(C)C(=O)C=C.C=CC(=O)N(CC)CCCN(CC)C(=O)C=C.C=CC(=O)N(CC)CCN(CC)C(=O)C=C.C=CC(=O)N(CCC)CCN(CCC)C(=O)C=C.C=CC(=O)N(CCCC)CCN(CCCC)C(=O)C=C.C=CC(=O)N(CCN(C(=O)C=C)C(C)(C)C)C(C)(C)C.C=CC(=O)N(CCN(C(=O)C=C)C(C)C)C(C)C. The summed E-state index contributed by atoms with van der Waals surface area (Å²) < 4.78 is 0. The van der Waals surface area contributed by atoms with Crippen LogP contribution >= 0.6 is 0 Å². The Bertz CT molecular complexity index is 3610. The Kier molecular flexibility index (Phi) is 86.5. The first-order chi connectivity index (χ1) is 64.7. The van der Waals surface area contributed by atoms with E-state index in [1.165, 1.54) is 107 Å². The van der Waals surface area contributed by atoms with Crippen LogP contribution in [-0.2, 0) is 76.7 Å². The number of carbonyl (C=O) groups is 16. The highest BCUT2D eigenvalue weighted by atomic mass is 16.2. The molecule has 0 spiro atoms. The van der Waals surface area contributed by atoms with Gasteiger partial charge >= 0.3 is 0 Å². The maximum absolute atomic E-state index is 11.9. The van der Waals surface area contributed by atoms with Crippen LogP contribution in [0.4, 0.5) is 0 Å². The Morgan fingerprint density at radius 2 is 0.370 bits per heavy atom. The third-order valence-corrected chi connectivity index (χ3v) is 20.5. The van der Waals surface area contributed by atoms with Crippen molar-refractivity contribution in [1.29, 1.82) is 0 Å². The van der Waals surface area contributed by atoms with E-state index >= 15 is 0 Å². The van der Waals surface area contributed by atoms with E-state index in [2.05, 4.69) is 119 Å². The average Bonchev–Trinajstić information content (AvgIpc) is 0.836. The molecule has 0 aliphatic carbocycles. The van der Waals surface area contributed by atoms with E-state index in [0.717, 1.165) is 51.4 Å². The number of likely N-dealkylation sites (N-methyl/N-ethyl adjacent to an activating group) is 8. The second-order valence-corrected chi connectivity index (χ2v) is 33.3. The van der Waals surface area contributed by atoms with E-state index in [4.69, 9.17) is 0 Å². The highest BCUT2D eigenvalue weighted by molar-refractivity contribution is 5.93. The molecule has 138 heavy (non-hydrogen) atoms. The Morgan fingerprint density at radius 1 is 0.196 bits per heavy atom. The minimum atomic E-state index is -0.313. The summed E-state index contributed by atoms with van der Waals surface area (Å²) in [4.78, 5) is 210. The van der Waals surface area contributed by atoms with Gasteiger partial charge in [0, 0.05) is 208 Å². The van der Waals surface area contributed by atoms with Crippen LogP contribution in [0, 0.1) is 0 Å². The van der Waals surface area contributed by atoms with E-state index in [1.807, 2.05) is 111 Å². The largest absolute Gasteiger partial charge is 0.342 e. The normalized spacial score (nSPS) is 9.91. The minimum absolute atomic E-state index is 0.0643. The third kappa shape index (κ3) is 65.9. The zero-order valence-electron chi connectivity index (χ0n) is 89.0. The zero-order chi connectivity index (χ0) is 109. The molecular weight excluding hydrogens is 1750 g/mol. The van der Waals surface area contributed by atoms with Gasteiger partial charge in [-0.3, -0.25) is 76.7 Å². The van der Waals surface area contributed by atoms with Gasteiger partial charge in [0.15, 0.2) is 0 Å². The Labute approximate surface area is 832 Å². The molecule has 0 saturated carbocycles. The van der Waals surface area contributed by atoms with Gasteiger partial charge < -0.3 is 78.4 Å². The van der Waals surface area contributed by atoms with Crippen molar-refractivity contribution in [2.24, 2.45) is 0 Å². The third-order valence-electron chi connectivity index (χ3n) is 20.5. The maximum atomic E-state index is 11.9. The molecule has 0 aliphatic rings. The van der Waals surface area contributed by atoms with Crippen LogP contribution in [0.15, 0.2) is 202 Å². The van der Waals surface area contributed by atoms with E-state index < -0.39 is 0 Å². The molecule has 0 radical (unpaired) electrons. The van der Waals surface area contributed by atoms with Gasteiger partial charge in [0.2, 0.25) is 94.5 Å². The summed E-state index contributed by atoms with van der Waals surface area (Å²) in [5, 5.41) is 0. The molecule has 0 unspecified atom stereocenters. The lowest BCUT2D eigenvalue weighted by atomic mass is 10.0. The lowest BCUT2D eigenvalue weighted by Crippen LogP contribution is -2.52. The fourth-order valence-corrected chi connectivity index (χ4v) is 12.1. The molecule has 0 heterocycles. The summed E-state index contributed by atoms with van der Waals surface area (Å²) in [7, 11) is 6.74. The van der Waals surface area contributed by atoms with Crippen molar-refractivity contribution in [3.05, 3.63) is 202 Å². The lowest BCUT2D eigenvalue weighted by molar-refractivity contribution is -0.135. The van der Waals surface area contributed by atoms with Crippen molar-refractivity contribution >= 4 is 94.5 Å². The van der Waals surface area contributed by atoms with Crippen molar-refractivity contribution in [2.45, 2.75) is 199 Å². The van der Waals surface area contributed by atoms with Crippen LogP contribution in [0.1, 0.15) is 176 Å². The first-order valence-electron chi connectivity index (χ1n) is 47.3. The number of hydrogen-bond donors (Lipinski definition) is 0. The number of nitrogens with zero attached hydrogens (tertiary/aromatic N) is 16. The van der Waals surface area contributed by atoms with Gasteiger partial charge in [-0.25, -0.2) is 0 Å². The molecule has 32 nitrogen and oxygen atoms in total. The van der Waals surface area contributed by atoms with Crippen LogP contribution in [0.3, 0.4) is 0 Å². The van der Waals surface area contributed by atoms with Gasteiger partial charge in [-0.15, -0.1) is 0 Å². The number of rotatable bonds is 58. The first-order valence-corrected chi connectivity index (χ1v) is 47.3. The van der Waals surface area contributed by atoms with Gasteiger partial charge in [0.05, 0.1) is 0 Å². The van der Waals surface area contributed by atoms with Gasteiger partial charge in [0.25, 0.3) is 0 Å². The van der Waals surface area contributed by atoms with E-state index in [1.54, 1.807) is 96.8 Å². The molecule has 780 valence electrons. The van der Waals surface area contributed by atoms with Gasteiger partial charge in [0.1, 0.15) is 0 Å². The summed E-state index contributed by atoms with van der Waals surface area (Å²) in [6.45, 7) is 105. The second kappa shape index (κ2) is 84.8. The molecule has 0 aromatic carbocycles. The standard InChI is InChI=1S/2C16H28N2O2.2C14H24N2O2.C13H22N2O2.C12H20N2O2.C11H18N2O2.C10H16N2O2/c1-9-13(19)17(15(3,4)5)11-12-18(14(20)10-2)16(6,7)8;1-5-9-11-17(15(19)7-3)13-14-18(12-10-6-2)16(20)8-4;1-7-13(17)15(11(3)4)9-10-16(12(5)6)14(18)8-2;1-5-9-15(13(17)7-3)11-12-16(10-6-2)14(18)8-4;1-5-12(16)14(7-3)10-9-11-15(8-4)13(17)6-2;1-5-11(15)13(7-3)9-10-14(8-4)12(16)6-2;1-5-10(14)12(3)8-7-9-13(4)11(15)6-2;1-5-9(13)11(3)7-8-12(4)10(14)6-2/h9-10H,1-2,11-12H2,3-8H3;7-8H,3-6,9-14H2,1-2H3;7-8,11-12H,1-2,9-10H2,3-6H3;7-8H,3-6,9-12H2,1-2H3;5-6H,1-2,7-11H2,3-4H3;5-6H,1-2,7-10H2,3-4H3;5-6H,1-2,7-9H2,3-4H3;5-6H,1-2,7-8H2,3-4H3. The first kappa shape index (κ1) is 141. The summed E-state index contributed by atoms with van der Waals surface area (Å²) in [6.07, 6.45) is 28.0. The Morgan fingerprint density at radius 3 is 0.551 bits per heavy atom. The predicted molar refractivity (Wildman–Crippen MR) is 565 cm³/mol. The molecule has 0 N–H and O–H groups in total. The topological polar surface area (TPSA) is 325 Å². The Balaban J connectivity index is -0.000000234. The number of carbonyl (C=O) groups excluding carboxylic acids is 16. The lowest BCUT2D eigenvalue weighted by Gasteiger charge is -2.40. The van der Waals surface area contributed by atoms with Crippen LogP contribution in [0.25, 0.3) is 0 Å². The van der Waals surface area contributed by atoms with Crippen molar-refractivity contribution < 1.29 is 76.7 Å². The molecule has 0 fully saturated rings. The molecular formula is C106H180N16O16. The number of amides is 16. The second-order valence-electron chi connectivity index (χ2n) is 33.3. The number of unbranched alkanes of at least 4 members (excludes halogenated alkanes) is 2. The van der Waals surface area contributed by atoms with E-state index in [-0.39, 0.29) is 118 Å². The predicted octanol–water partition coefficient (Wildman–Crippen LogP) is 12.3. The van der Waals surface area contributed by atoms with Gasteiger partial charge in [-0.2, -0.15) is 0 Å². The molecule has 0 aliphatic heterocycles. The van der Waals surface area contributed by atoms with Crippen LogP contribution in [0.5, 0.6) is 0 Å². The smallest absolute Gasteiger partial charge is 0.246 e. The van der Waals surface area contributed by atoms with Gasteiger partial charge in [-0.05, 0) is 233 Å². The zero-order valence-corrected chi connectivity index (χ0v) is 89.0. The van der Waals surface area contributed by atoms with Crippen molar-refractivity contribution in [2.75, 3.05) is 185 Å². The van der Waals surface area contributed by atoms with Crippen molar-refractivity contribution in [3.8, 4) is 0 Å². The van der Waals surface area contributed by atoms with Gasteiger partial charge in [-0.1, -0.05) is 146 Å². The Hall–Kier alpha value is -12.6. The van der Waals surface area contributed by atoms with Crippen LogP contribution in [-0.4, -0.2) is 381 Å². The summed E-state index contributed by atoms with van der Waals surface area (Å²) in [6, 6.07) is 0.173. The molecule has 0 rings (SSSR count). The molecule has 0 aromatic rings.